The maximum absolute atomic E-state index is 12.3. The van der Waals surface area contributed by atoms with E-state index in [9.17, 15) is 9.59 Å². The molecule has 2 heterocycles. The minimum absolute atomic E-state index is 0.182. The highest BCUT2D eigenvalue weighted by atomic mass is 32.1. The fraction of sp³-hybridized carbons (Fsp3) is 0.375. The molecule has 0 aromatic carbocycles. The summed E-state index contributed by atoms with van der Waals surface area (Å²) < 4.78 is 6.55. The Morgan fingerprint density at radius 2 is 2.12 bits per heavy atom. The molecule has 140 valence electrons. The molecule has 0 saturated heterocycles. The van der Waals surface area contributed by atoms with E-state index in [-0.39, 0.29) is 5.91 Å². The van der Waals surface area contributed by atoms with Gasteiger partial charge in [-0.15, -0.1) is 11.3 Å². The van der Waals surface area contributed by atoms with Crippen molar-refractivity contribution in [2.45, 2.75) is 13.5 Å². The number of aromatic nitrogens is 2. The van der Waals surface area contributed by atoms with Gasteiger partial charge in [0, 0.05) is 27.3 Å². The fourth-order valence-electron chi connectivity index (χ4n) is 2.23. The maximum atomic E-state index is 12.3. The molecule has 26 heavy (non-hydrogen) atoms. The lowest BCUT2D eigenvalue weighted by atomic mass is 10.1. The topological polar surface area (TPSA) is 88.5 Å². The van der Waals surface area contributed by atoms with E-state index in [4.69, 9.17) is 17.0 Å². The molecule has 2 aromatic rings. The standard InChI is InChI=1S/C16H21N5O3S2/c1-9-11(15(23)24-5)13(26-12(9)14(22)20(2)3)18-16(25)17-8-10-6-7-21(4)19-10/h6-7H,8H2,1-5H3,(H2,17,18,25). The van der Waals surface area contributed by atoms with E-state index in [1.54, 1.807) is 25.7 Å². The summed E-state index contributed by atoms with van der Waals surface area (Å²) in [5.74, 6) is -0.704. The van der Waals surface area contributed by atoms with Gasteiger partial charge in [-0.2, -0.15) is 5.10 Å². The first-order chi connectivity index (χ1) is 12.2. The van der Waals surface area contributed by atoms with Crippen molar-refractivity contribution in [3.63, 3.8) is 0 Å². The zero-order chi connectivity index (χ0) is 19.4. The number of thiocarbonyl (C=S) groups is 1. The van der Waals surface area contributed by atoms with E-state index in [1.165, 1.54) is 23.3 Å². The van der Waals surface area contributed by atoms with Crippen LogP contribution in [0.4, 0.5) is 5.00 Å². The number of hydrogen-bond donors (Lipinski definition) is 2. The lowest BCUT2D eigenvalue weighted by molar-refractivity contribution is 0.0601. The Morgan fingerprint density at radius 3 is 2.65 bits per heavy atom. The minimum Gasteiger partial charge on any atom is -0.465 e. The lowest BCUT2D eigenvalue weighted by Gasteiger charge is -2.09. The van der Waals surface area contributed by atoms with Crippen LogP contribution in [0.3, 0.4) is 0 Å². The molecule has 0 radical (unpaired) electrons. The molecule has 2 N–H and O–H groups in total. The molecular formula is C16H21N5O3S2. The van der Waals surface area contributed by atoms with Gasteiger partial charge in [0.25, 0.3) is 5.91 Å². The first-order valence-electron chi connectivity index (χ1n) is 7.71. The number of hydrogen-bond acceptors (Lipinski definition) is 6. The first kappa shape index (κ1) is 19.9. The molecule has 0 bridgehead atoms. The molecule has 0 aliphatic carbocycles. The van der Waals surface area contributed by atoms with Gasteiger partial charge in [0.05, 0.1) is 29.8 Å². The Hall–Kier alpha value is -2.46. The number of thiophene rings is 1. The van der Waals surface area contributed by atoms with Crippen molar-refractivity contribution < 1.29 is 14.3 Å². The average Bonchev–Trinajstić information content (AvgIpc) is 3.15. The third kappa shape index (κ3) is 4.38. The summed E-state index contributed by atoms with van der Waals surface area (Å²) in [4.78, 5) is 26.4. The normalized spacial score (nSPS) is 10.3. The van der Waals surface area contributed by atoms with Crippen molar-refractivity contribution in [2.75, 3.05) is 26.5 Å². The van der Waals surface area contributed by atoms with Crippen LogP contribution in [0.15, 0.2) is 12.3 Å². The van der Waals surface area contributed by atoms with Crippen LogP contribution in [0.1, 0.15) is 31.3 Å². The van der Waals surface area contributed by atoms with Crippen LogP contribution in [0.5, 0.6) is 0 Å². The van der Waals surface area contributed by atoms with Gasteiger partial charge >= 0.3 is 5.97 Å². The lowest BCUT2D eigenvalue weighted by Crippen LogP contribution is -2.28. The second-order valence-electron chi connectivity index (χ2n) is 5.74. The largest absolute Gasteiger partial charge is 0.465 e. The molecule has 0 saturated carbocycles. The predicted octanol–water partition coefficient (Wildman–Crippen LogP) is 1.77. The number of ether oxygens (including phenoxy) is 1. The fourth-order valence-corrected chi connectivity index (χ4v) is 3.69. The summed E-state index contributed by atoms with van der Waals surface area (Å²) in [6.07, 6.45) is 1.84. The zero-order valence-electron chi connectivity index (χ0n) is 15.2. The summed E-state index contributed by atoms with van der Waals surface area (Å²) in [6.45, 7) is 2.16. The molecule has 0 aliphatic rings. The Balaban J connectivity index is 2.20. The smallest absolute Gasteiger partial charge is 0.341 e. The molecule has 10 heteroatoms. The minimum atomic E-state index is -0.522. The summed E-state index contributed by atoms with van der Waals surface area (Å²) in [6, 6.07) is 1.87. The summed E-state index contributed by atoms with van der Waals surface area (Å²) in [7, 11) is 6.45. The number of aryl methyl sites for hydroxylation is 1. The highest BCUT2D eigenvalue weighted by molar-refractivity contribution is 7.80. The van der Waals surface area contributed by atoms with Crippen LogP contribution < -0.4 is 10.6 Å². The van der Waals surface area contributed by atoms with E-state index in [0.29, 0.717) is 32.7 Å². The molecule has 0 atom stereocenters. The molecule has 0 unspecified atom stereocenters. The molecule has 0 aliphatic heterocycles. The van der Waals surface area contributed by atoms with E-state index in [0.717, 1.165) is 5.69 Å². The van der Waals surface area contributed by atoms with Gasteiger partial charge in [-0.05, 0) is 30.8 Å². The molecular weight excluding hydrogens is 374 g/mol. The van der Waals surface area contributed by atoms with Gasteiger partial charge in [-0.3, -0.25) is 9.48 Å². The van der Waals surface area contributed by atoms with Crippen molar-refractivity contribution in [2.24, 2.45) is 7.05 Å². The van der Waals surface area contributed by atoms with Crippen LogP contribution in [-0.2, 0) is 18.3 Å². The Bertz CT molecular complexity index is 841. The number of nitrogens with zero attached hydrogens (tertiary/aromatic N) is 3. The van der Waals surface area contributed by atoms with Crippen molar-refractivity contribution >= 4 is 45.5 Å². The number of rotatable bonds is 5. The van der Waals surface area contributed by atoms with Crippen LogP contribution in [0, 0.1) is 6.92 Å². The van der Waals surface area contributed by atoms with Gasteiger partial charge < -0.3 is 20.3 Å². The SMILES string of the molecule is COC(=O)c1c(NC(=S)NCc2ccn(C)n2)sc(C(=O)N(C)C)c1C. The number of carbonyl (C=O) groups is 2. The van der Waals surface area contributed by atoms with Gasteiger partial charge in [0.15, 0.2) is 5.11 Å². The van der Waals surface area contributed by atoms with E-state index in [1.807, 2.05) is 19.3 Å². The van der Waals surface area contributed by atoms with Crippen molar-refractivity contribution in [1.82, 2.24) is 20.0 Å². The van der Waals surface area contributed by atoms with Crippen LogP contribution in [0.2, 0.25) is 0 Å². The number of amides is 1. The van der Waals surface area contributed by atoms with Crippen molar-refractivity contribution in [1.29, 1.82) is 0 Å². The molecule has 2 rings (SSSR count). The van der Waals surface area contributed by atoms with Crippen LogP contribution >= 0.6 is 23.6 Å². The Morgan fingerprint density at radius 1 is 1.42 bits per heavy atom. The van der Waals surface area contributed by atoms with Gasteiger partial charge in [0.1, 0.15) is 5.00 Å². The van der Waals surface area contributed by atoms with Crippen molar-refractivity contribution in [3.05, 3.63) is 34.0 Å². The quantitative estimate of drug-likeness (QED) is 0.589. The Kier molecular flexibility index (Phi) is 6.32. The van der Waals surface area contributed by atoms with Gasteiger partial charge in [-0.25, -0.2) is 4.79 Å². The molecule has 0 spiro atoms. The van der Waals surface area contributed by atoms with Crippen LogP contribution in [0.25, 0.3) is 0 Å². The molecule has 0 fully saturated rings. The highest BCUT2D eigenvalue weighted by Gasteiger charge is 2.26. The summed E-state index contributed by atoms with van der Waals surface area (Å²) in [5.41, 5.74) is 1.70. The first-order valence-corrected chi connectivity index (χ1v) is 8.93. The van der Waals surface area contributed by atoms with Crippen molar-refractivity contribution in [3.8, 4) is 0 Å². The third-order valence-electron chi connectivity index (χ3n) is 3.56. The van der Waals surface area contributed by atoms with E-state index < -0.39 is 5.97 Å². The second kappa shape index (κ2) is 8.28. The molecule has 1 amide bonds. The van der Waals surface area contributed by atoms with Crippen LogP contribution in [-0.4, -0.2) is 52.9 Å². The third-order valence-corrected chi connectivity index (χ3v) is 5.00. The Labute approximate surface area is 161 Å². The summed E-state index contributed by atoms with van der Waals surface area (Å²) >= 11 is 6.47. The maximum Gasteiger partial charge on any atom is 0.341 e. The number of nitrogens with one attached hydrogen (secondary N) is 2. The molecule has 2 aromatic heterocycles. The second-order valence-corrected chi connectivity index (χ2v) is 7.17. The van der Waals surface area contributed by atoms with Gasteiger partial charge in [-0.1, -0.05) is 0 Å². The zero-order valence-corrected chi connectivity index (χ0v) is 16.9. The average molecular weight is 396 g/mol. The number of carbonyl (C=O) groups excluding carboxylic acids is 2. The summed E-state index contributed by atoms with van der Waals surface area (Å²) in [5, 5.41) is 11.1. The number of methoxy groups -OCH3 is 1. The highest BCUT2D eigenvalue weighted by Crippen LogP contribution is 2.34. The molecule has 8 nitrogen and oxygen atoms in total. The van der Waals surface area contributed by atoms with Gasteiger partial charge in [0.2, 0.25) is 0 Å². The monoisotopic (exact) mass is 395 g/mol. The number of anilines is 1. The predicted molar refractivity (Wildman–Crippen MR) is 105 cm³/mol. The van der Waals surface area contributed by atoms with E-state index >= 15 is 0 Å². The van der Waals surface area contributed by atoms with E-state index in [2.05, 4.69) is 15.7 Å². The number of esters is 1.